The van der Waals surface area contributed by atoms with Crippen LogP contribution in [-0.2, 0) is 14.3 Å². The molecular weight excluding hydrogens is 461 g/mol. The molecule has 1 aliphatic rings. The smallest absolute Gasteiger partial charge is 0.338 e. The second-order valence-electron chi connectivity index (χ2n) is 8.73. The van der Waals surface area contributed by atoms with E-state index in [2.05, 4.69) is 0 Å². The molecule has 1 aliphatic heterocycles. The number of amides is 1. The molecule has 1 saturated heterocycles. The minimum absolute atomic E-state index is 0.115. The third-order valence-corrected chi connectivity index (χ3v) is 6.03. The van der Waals surface area contributed by atoms with E-state index in [4.69, 9.17) is 4.74 Å². The lowest BCUT2D eigenvalue weighted by molar-refractivity contribution is -0.132. The normalized spacial score (nSPS) is 16.9. The van der Waals surface area contributed by atoms with E-state index in [-0.39, 0.29) is 23.3 Å². The van der Waals surface area contributed by atoms with Crippen LogP contribution in [0, 0.1) is 19.7 Å². The quantitative estimate of drug-likeness (QED) is 0.211. The number of ether oxygens (including phenoxy) is 1. The zero-order chi connectivity index (χ0) is 26.0. The summed E-state index contributed by atoms with van der Waals surface area (Å²) in [5, 5.41) is 11.2. The van der Waals surface area contributed by atoms with Crippen LogP contribution < -0.4 is 4.90 Å². The Morgan fingerprint density at radius 3 is 2.44 bits per heavy atom. The van der Waals surface area contributed by atoms with Gasteiger partial charge in [-0.2, -0.15) is 0 Å². The van der Waals surface area contributed by atoms with E-state index in [1.165, 1.54) is 29.2 Å². The van der Waals surface area contributed by atoms with E-state index in [1.807, 2.05) is 26.0 Å². The number of aliphatic hydroxyl groups excluding tert-OH is 1. The van der Waals surface area contributed by atoms with E-state index in [9.17, 15) is 23.9 Å². The number of halogens is 1. The van der Waals surface area contributed by atoms with Crippen molar-refractivity contribution in [1.29, 1.82) is 0 Å². The van der Waals surface area contributed by atoms with Crippen LogP contribution in [-0.4, -0.2) is 29.4 Å². The topological polar surface area (TPSA) is 83.9 Å². The van der Waals surface area contributed by atoms with E-state index in [0.29, 0.717) is 23.2 Å². The van der Waals surface area contributed by atoms with Crippen LogP contribution in [0.4, 0.5) is 10.1 Å². The van der Waals surface area contributed by atoms with Gasteiger partial charge >= 0.3 is 5.97 Å². The van der Waals surface area contributed by atoms with Gasteiger partial charge in [0, 0.05) is 11.3 Å². The summed E-state index contributed by atoms with van der Waals surface area (Å²) in [6.45, 7) is 5.57. The van der Waals surface area contributed by atoms with Gasteiger partial charge in [0.25, 0.3) is 11.7 Å². The molecule has 0 bridgehead atoms. The third-order valence-electron chi connectivity index (χ3n) is 6.03. The number of hydrogen-bond donors (Lipinski definition) is 1. The molecule has 0 aliphatic carbocycles. The first-order chi connectivity index (χ1) is 17.2. The number of carbonyl (C=O) groups excluding carboxylic acids is 3. The van der Waals surface area contributed by atoms with Gasteiger partial charge in [-0.15, -0.1) is 0 Å². The molecule has 1 N–H and O–H groups in total. The molecule has 1 unspecified atom stereocenters. The number of anilines is 1. The molecule has 1 amide bonds. The number of aliphatic hydroxyl groups is 1. The largest absolute Gasteiger partial charge is 0.507 e. The highest BCUT2D eigenvalue weighted by Gasteiger charge is 2.47. The van der Waals surface area contributed by atoms with Gasteiger partial charge in [-0.05, 0) is 67.8 Å². The van der Waals surface area contributed by atoms with Gasteiger partial charge in [0.15, 0.2) is 0 Å². The minimum Gasteiger partial charge on any atom is -0.507 e. The number of hydrogen-bond acceptors (Lipinski definition) is 5. The zero-order valence-electron chi connectivity index (χ0n) is 20.2. The maximum absolute atomic E-state index is 13.9. The summed E-state index contributed by atoms with van der Waals surface area (Å²) in [6, 6.07) is 16.6. The molecule has 3 aromatic rings. The second kappa shape index (κ2) is 10.2. The molecule has 1 fully saturated rings. The number of rotatable bonds is 6. The SMILES string of the molecule is CCCOC(=O)c1cccc(N2C(=O)C(=O)/C(=C(/O)c3ccc(F)c(C)c3)C2c2cccc(C)c2)c1. The van der Waals surface area contributed by atoms with Gasteiger partial charge in [0.1, 0.15) is 11.6 Å². The third kappa shape index (κ3) is 4.64. The van der Waals surface area contributed by atoms with Crippen LogP contribution in [0.5, 0.6) is 0 Å². The summed E-state index contributed by atoms with van der Waals surface area (Å²) >= 11 is 0. The number of aryl methyl sites for hydroxylation is 2. The molecular formula is C29H26FNO5. The van der Waals surface area contributed by atoms with Gasteiger partial charge in [-0.3, -0.25) is 14.5 Å². The van der Waals surface area contributed by atoms with E-state index in [0.717, 1.165) is 5.56 Å². The van der Waals surface area contributed by atoms with E-state index < -0.39 is 35.3 Å². The zero-order valence-corrected chi connectivity index (χ0v) is 20.2. The molecule has 4 rings (SSSR count). The number of esters is 1. The molecule has 0 saturated carbocycles. The van der Waals surface area contributed by atoms with Crippen molar-refractivity contribution < 1.29 is 28.6 Å². The van der Waals surface area contributed by atoms with Crippen molar-refractivity contribution in [1.82, 2.24) is 0 Å². The molecule has 0 spiro atoms. The average Bonchev–Trinajstić information content (AvgIpc) is 3.14. The Labute approximate surface area is 208 Å². The number of nitrogens with zero attached hydrogens (tertiary/aromatic N) is 1. The Morgan fingerprint density at radius 1 is 1.00 bits per heavy atom. The molecule has 1 heterocycles. The molecule has 3 aromatic carbocycles. The maximum atomic E-state index is 13.9. The summed E-state index contributed by atoms with van der Waals surface area (Å²) in [5.41, 5.74) is 2.45. The Bertz CT molecular complexity index is 1390. The number of carbonyl (C=O) groups is 3. The predicted octanol–water partition coefficient (Wildman–Crippen LogP) is 5.64. The Balaban J connectivity index is 1.89. The van der Waals surface area contributed by atoms with Crippen molar-refractivity contribution in [3.63, 3.8) is 0 Å². The lowest BCUT2D eigenvalue weighted by atomic mass is 9.94. The highest BCUT2D eigenvalue weighted by Crippen LogP contribution is 2.42. The van der Waals surface area contributed by atoms with Crippen molar-refractivity contribution in [2.24, 2.45) is 0 Å². The van der Waals surface area contributed by atoms with Crippen molar-refractivity contribution in [3.8, 4) is 0 Å². The summed E-state index contributed by atoms with van der Waals surface area (Å²) in [7, 11) is 0. The first kappa shape index (κ1) is 24.9. The van der Waals surface area contributed by atoms with Crippen LogP contribution in [0.3, 0.4) is 0 Å². The highest BCUT2D eigenvalue weighted by molar-refractivity contribution is 6.51. The minimum atomic E-state index is -0.961. The Morgan fingerprint density at radius 2 is 1.75 bits per heavy atom. The Kier molecular flexibility index (Phi) is 7.01. The summed E-state index contributed by atoms with van der Waals surface area (Å²) in [6.07, 6.45) is 0.663. The molecule has 0 aromatic heterocycles. The van der Waals surface area contributed by atoms with Gasteiger partial charge in [0.05, 0.1) is 23.8 Å². The van der Waals surface area contributed by atoms with Crippen LogP contribution in [0.1, 0.15) is 52.0 Å². The first-order valence-electron chi connectivity index (χ1n) is 11.6. The van der Waals surface area contributed by atoms with Crippen molar-refractivity contribution in [3.05, 3.63) is 106 Å². The van der Waals surface area contributed by atoms with Gasteiger partial charge in [-0.1, -0.05) is 42.8 Å². The maximum Gasteiger partial charge on any atom is 0.338 e. The first-order valence-corrected chi connectivity index (χ1v) is 11.6. The number of ketones is 1. The van der Waals surface area contributed by atoms with Crippen LogP contribution in [0.25, 0.3) is 5.76 Å². The van der Waals surface area contributed by atoms with Gasteiger partial charge in [-0.25, -0.2) is 9.18 Å². The predicted molar refractivity (Wildman–Crippen MR) is 134 cm³/mol. The highest BCUT2D eigenvalue weighted by atomic mass is 19.1. The van der Waals surface area contributed by atoms with Crippen molar-refractivity contribution in [2.75, 3.05) is 11.5 Å². The molecule has 6 nitrogen and oxygen atoms in total. The van der Waals surface area contributed by atoms with Crippen LogP contribution in [0.15, 0.2) is 72.3 Å². The number of Topliss-reactive ketones (excluding diaryl/α,β-unsaturated/α-hetero) is 1. The molecule has 0 radical (unpaired) electrons. The van der Waals surface area contributed by atoms with Gasteiger partial charge in [0.2, 0.25) is 0 Å². The fourth-order valence-electron chi connectivity index (χ4n) is 4.26. The fourth-order valence-corrected chi connectivity index (χ4v) is 4.26. The van der Waals surface area contributed by atoms with Crippen LogP contribution in [0.2, 0.25) is 0 Å². The van der Waals surface area contributed by atoms with Crippen molar-refractivity contribution in [2.45, 2.75) is 33.2 Å². The standard InChI is InChI=1S/C29H26FNO5/c1-4-13-36-29(35)21-9-6-10-22(16-21)31-25(19-8-5-7-17(2)14-19)24(27(33)28(31)34)26(32)20-11-12-23(30)18(3)15-20/h5-12,14-16,25,32H,4,13H2,1-3H3/b26-24+. The van der Waals surface area contributed by atoms with Gasteiger partial charge < -0.3 is 9.84 Å². The summed E-state index contributed by atoms with van der Waals surface area (Å²) in [4.78, 5) is 40.4. The molecule has 184 valence electrons. The van der Waals surface area contributed by atoms with E-state index >= 15 is 0 Å². The lowest BCUT2D eigenvalue weighted by Gasteiger charge is -2.26. The average molecular weight is 488 g/mol. The molecule has 1 atom stereocenters. The molecule has 36 heavy (non-hydrogen) atoms. The Hall–Kier alpha value is -4.26. The summed E-state index contributed by atoms with van der Waals surface area (Å²) < 4.78 is 19.1. The van der Waals surface area contributed by atoms with Crippen molar-refractivity contribution >= 4 is 29.1 Å². The fraction of sp³-hybridized carbons (Fsp3) is 0.207. The number of benzene rings is 3. The second-order valence-corrected chi connectivity index (χ2v) is 8.73. The molecule has 7 heteroatoms. The monoisotopic (exact) mass is 487 g/mol. The van der Waals surface area contributed by atoms with Crippen LogP contribution >= 0.6 is 0 Å². The van der Waals surface area contributed by atoms with E-state index in [1.54, 1.807) is 37.3 Å². The summed E-state index contributed by atoms with van der Waals surface area (Å²) in [5.74, 6) is -3.11. The lowest BCUT2D eigenvalue weighted by Crippen LogP contribution is -2.29.